The van der Waals surface area contributed by atoms with Crippen LogP contribution in [-0.2, 0) is 16.2 Å². The predicted molar refractivity (Wildman–Crippen MR) is 126 cm³/mol. The SMILES string of the molecule is COc1cc(/C=C/C(=O)Nc2ccccc2C(=O)O)ccc1OCc1ccncc1.O=C(O)C(F)(F)F. The van der Waals surface area contributed by atoms with Gasteiger partial charge in [-0.05, 0) is 53.6 Å². The number of nitrogens with zero attached hydrogens (tertiary/aromatic N) is 1. The van der Waals surface area contributed by atoms with Crippen molar-refractivity contribution in [2.24, 2.45) is 0 Å². The lowest BCUT2D eigenvalue weighted by molar-refractivity contribution is -0.192. The third-order valence-corrected chi connectivity index (χ3v) is 4.42. The second kappa shape index (κ2) is 13.3. The molecule has 0 aliphatic carbocycles. The zero-order valence-corrected chi connectivity index (χ0v) is 19.2. The van der Waals surface area contributed by atoms with Crippen molar-refractivity contribution in [2.75, 3.05) is 12.4 Å². The summed E-state index contributed by atoms with van der Waals surface area (Å²) in [5.74, 6) is -3.20. The van der Waals surface area contributed by atoms with Crippen LogP contribution in [0.1, 0.15) is 21.5 Å². The van der Waals surface area contributed by atoms with Crippen LogP contribution in [0.25, 0.3) is 6.08 Å². The lowest BCUT2D eigenvalue weighted by atomic mass is 10.1. The van der Waals surface area contributed by atoms with E-state index in [1.165, 1.54) is 25.3 Å². The zero-order valence-electron chi connectivity index (χ0n) is 19.2. The summed E-state index contributed by atoms with van der Waals surface area (Å²) >= 11 is 0. The number of benzene rings is 2. The monoisotopic (exact) mass is 518 g/mol. The summed E-state index contributed by atoms with van der Waals surface area (Å²) in [6, 6.07) is 15.2. The number of aliphatic carboxylic acids is 1. The first-order valence-electron chi connectivity index (χ1n) is 10.3. The van der Waals surface area contributed by atoms with Gasteiger partial charge in [0, 0.05) is 18.5 Å². The van der Waals surface area contributed by atoms with Gasteiger partial charge < -0.3 is 25.0 Å². The van der Waals surface area contributed by atoms with E-state index in [9.17, 15) is 27.9 Å². The first-order chi connectivity index (χ1) is 17.5. The minimum atomic E-state index is -5.08. The molecular formula is C25H21F3N2O7. The van der Waals surface area contributed by atoms with Crippen LogP contribution in [0.4, 0.5) is 18.9 Å². The quantitative estimate of drug-likeness (QED) is 0.367. The molecule has 12 heteroatoms. The second-order valence-electron chi connectivity index (χ2n) is 7.03. The number of carbonyl (C=O) groups is 3. The Kier molecular flexibility index (Phi) is 10.2. The van der Waals surface area contributed by atoms with Crippen molar-refractivity contribution in [1.82, 2.24) is 4.98 Å². The Morgan fingerprint density at radius 2 is 1.65 bits per heavy atom. The molecule has 3 rings (SSSR count). The van der Waals surface area contributed by atoms with Gasteiger partial charge in [-0.25, -0.2) is 9.59 Å². The van der Waals surface area contributed by atoms with Gasteiger partial charge in [-0.1, -0.05) is 18.2 Å². The number of alkyl halides is 3. The summed E-state index contributed by atoms with van der Waals surface area (Å²) < 4.78 is 42.9. The third-order valence-electron chi connectivity index (χ3n) is 4.42. The maximum Gasteiger partial charge on any atom is 0.490 e. The number of ether oxygens (including phenoxy) is 2. The van der Waals surface area contributed by atoms with Crippen molar-refractivity contribution < 1.29 is 47.2 Å². The number of pyridine rings is 1. The first-order valence-corrected chi connectivity index (χ1v) is 10.3. The molecule has 0 aliphatic heterocycles. The van der Waals surface area contributed by atoms with E-state index in [2.05, 4.69) is 10.3 Å². The predicted octanol–water partition coefficient (Wildman–Crippen LogP) is 4.65. The molecule has 0 saturated carbocycles. The molecular weight excluding hydrogens is 497 g/mol. The van der Waals surface area contributed by atoms with Gasteiger partial charge in [-0.2, -0.15) is 13.2 Å². The number of anilines is 1. The Balaban J connectivity index is 0.000000604. The van der Waals surface area contributed by atoms with Gasteiger partial charge in [-0.15, -0.1) is 0 Å². The molecule has 0 fully saturated rings. The molecule has 0 unspecified atom stereocenters. The molecule has 0 atom stereocenters. The molecule has 1 amide bonds. The zero-order chi connectivity index (χ0) is 27.4. The van der Waals surface area contributed by atoms with E-state index >= 15 is 0 Å². The highest BCUT2D eigenvalue weighted by Crippen LogP contribution is 2.29. The average Bonchev–Trinajstić information content (AvgIpc) is 2.87. The van der Waals surface area contributed by atoms with Gasteiger partial charge in [0.05, 0.1) is 18.4 Å². The number of aromatic carboxylic acids is 1. The fraction of sp³-hybridized carbons (Fsp3) is 0.120. The lowest BCUT2D eigenvalue weighted by Gasteiger charge is -2.11. The van der Waals surface area contributed by atoms with Crippen LogP contribution >= 0.6 is 0 Å². The number of aromatic nitrogens is 1. The highest BCUT2D eigenvalue weighted by molar-refractivity contribution is 6.06. The molecule has 1 heterocycles. The van der Waals surface area contributed by atoms with E-state index in [1.54, 1.807) is 48.8 Å². The number of methoxy groups -OCH3 is 1. The van der Waals surface area contributed by atoms with Crippen molar-refractivity contribution in [2.45, 2.75) is 12.8 Å². The minimum Gasteiger partial charge on any atom is -0.493 e. The average molecular weight is 518 g/mol. The minimum absolute atomic E-state index is 0.0246. The van der Waals surface area contributed by atoms with Crippen LogP contribution < -0.4 is 14.8 Å². The van der Waals surface area contributed by atoms with Crippen molar-refractivity contribution in [1.29, 1.82) is 0 Å². The molecule has 2 aromatic carbocycles. The Bertz CT molecular complexity index is 1260. The van der Waals surface area contributed by atoms with Crippen LogP contribution in [0, 0.1) is 0 Å². The number of amides is 1. The van der Waals surface area contributed by atoms with E-state index in [4.69, 9.17) is 19.4 Å². The number of carboxylic acid groups (broad SMARTS) is 2. The maximum atomic E-state index is 12.2. The van der Waals surface area contributed by atoms with Gasteiger partial charge >= 0.3 is 18.1 Å². The molecule has 1 aromatic heterocycles. The number of carbonyl (C=O) groups excluding carboxylic acids is 1. The normalized spacial score (nSPS) is 10.7. The van der Waals surface area contributed by atoms with Gasteiger partial charge in [0.15, 0.2) is 11.5 Å². The maximum absolute atomic E-state index is 12.2. The van der Waals surface area contributed by atoms with E-state index in [0.717, 1.165) is 11.1 Å². The largest absolute Gasteiger partial charge is 0.493 e. The number of carboxylic acids is 2. The molecule has 0 aliphatic rings. The molecule has 3 aromatic rings. The topological polar surface area (TPSA) is 135 Å². The van der Waals surface area contributed by atoms with Crippen LogP contribution in [0.15, 0.2) is 73.1 Å². The molecule has 0 spiro atoms. The Labute approximate surface area is 208 Å². The molecule has 0 bridgehead atoms. The molecule has 0 radical (unpaired) electrons. The molecule has 37 heavy (non-hydrogen) atoms. The standard InChI is InChI=1S/C23H20N2O5.C2HF3O2/c1-29-21-14-16(6-8-20(21)30-15-17-10-12-24-13-11-17)7-9-22(26)25-19-5-3-2-4-18(19)23(27)28;3-2(4,5)1(6)7/h2-14H,15H2,1H3,(H,25,26)(H,27,28);(H,6,7)/b9-7+;. The Morgan fingerprint density at radius 1 is 1.00 bits per heavy atom. The summed E-state index contributed by atoms with van der Waals surface area (Å²) in [5.41, 5.74) is 1.97. The number of nitrogens with one attached hydrogen (secondary N) is 1. The molecule has 194 valence electrons. The summed E-state index contributed by atoms with van der Waals surface area (Å²) in [7, 11) is 1.54. The fourth-order valence-corrected chi connectivity index (χ4v) is 2.67. The third kappa shape index (κ3) is 9.36. The molecule has 3 N–H and O–H groups in total. The van der Waals surface area contributed by atoms with E-state index in [1.807, 2.05) is 12.1 Å². The van der Waals surface area contributed by atoms with Gasteiger partial charge in [-0.3, -0.25) is 9.78 Å². The first kappa shape index (κ1) is 28.4. The van der Waals surface area contributed by atoms with Crippen molar-refractivity contribution >= 4 is 29.6 Å². The van der Waals surface area contributed by atoms with E-state index in [0.29, 0.717) is 18.1 Å². The van der Waals surface area contributed by atoms with E-state index < -0.39 is 24.0 Å². The van der Waals surface area contributed by atoms with Crippen LogP contribution in [-0.4, -0.2) is 46.3 Å². The molecule has 0 saturated heterocycles. The number of hydrogen-bond donors (Lipinski definition) is 3. The van der Waals surface area contributed by atoms with E-state index in [-0.39, 0.29) is 11.3 Å². The van der Waals surface area contributed by atoms with Crippen LogP contribution in [0.3, 0.4) is 0 Å². The smallest absolute Gasteiger partial charge is 0.490 e. The number of hydrogen-bond acceptors (Lipinski definition) is 6. The van der Waals surface area contributed by atoms with Crippen molar-refractivity contribution in [3.63, 3.8) is 0 Å². The van der Waals surface area contributed by atoms with Gasteiger partial charge in [0.1, 0.15) is 6.61 Å². The number of halogens is 3. The summed E-state index contributed by atoms with van der Waals surface area (Å²) in [5, 5.41) is 18.9. The van der Waals surface area contributed by atoms with Gasteiger partial charge in [0.25, 0.3) is 0 Å². The van der Waals surface area contributed by atoms with Gasteiger partial charge in [0.2, 0.25) is 5.91 Å². The Morgan fingerprint density at radius 3 is 2.24 bits per heavy atom. The summed E-state index contributed by atoms with van der Waals surface area (Å²) in [6.45, 7) is 0.374. The van der Waals surface area contributed by atoms with Crippen LogP contribution in [0.2, 0.25) is 0 Å². The highest BCUT2D eigenvalue weighted by atomic mass is 19.4. The Hall–Kier alpha value is -4.87. The number of rotatable bonds is 8. The number of para-hydroxylation sites is 1. The second-order valence-corrected chi connectivity index (χ2v) is 7.03. The highest BCUT2D eigenvalue weighted by Gasteiger charge is 2.38. The summed E-state index contributed by atoms with van der Waals surface area (Å²) in [4.78, 5) is 36.3. The summed E-state index contributed by atoms with van der Waals surface area (Å²) in [6.07, 6.45) is 1.24. The molecule has 9 nitrogen and oxygen atoms in total. The van der Waals surface area contributed by atoms with Crippen molar-refractivity contribution in [3.8, 4) is 11.5 Å². The lowest BCUT2D eigenvalue weighted by Crippen LogP contribution is -2.21. The fourth-order valence-electron chi connectivity index (χ4n) is 2.67. The van der Waals surface area contributed by atoms with Crippen molar-refractivity contribution in [3.05, 3.63) is 89.8 Å². The van der Waals surface area contributed by atoms with Crippen LogP contribution in [0.5, 0.6) is 11.5 Å².